The second-order valence-corrected chi connectivity index (χ2v) is 8.51. The van der Waals surface area contributed by atoms with Crippen LogP contribution in [0.15, 0.2) is 0 Å². The maximum atomic E-state index is 13.7. The van der Waals surface area contributed by atoms with Gasteiger partial charge in [0.05, 0.1) is 5.41 Å². The molecule has 0 fully saturated rings. The number of rotatable bonds is 16. The van der Waals surface area contributed by atoms with Gasteiger partial charge in [0, 0.05) is 6.61 Å². The molecule has 0 heterocycles. The molecule has 0 aliphatic heterocycles. The Balaban J connectivity index is 5.25. The lowest BCUT2D eigenvalue weighted by atomic mass is 9.74. The predicted molar refractivity (Wildman–Crippen MR) is 94.1 cm³/mol. The Hall–Kier alpha value is -0.550. The van der Waals surface area contributed by atoms with Gasteiger partial charge in [0.25, 0.3) is 10.1 Å². The molecule has 0 spiro atoms. The van der Waals surface area contributed by atoms with E-state index in [-0.39, 0.29) is 6.42 Å². The summed E-state index contributed by atoms with van der Waals surface area (Å²) in [6.45, 7) is -5.06. The molecule has 11 heteroatoms. The molecule has 0 aromatic rings. The Morgan fingerprint density at radius 1 is 0.821 bits per heavy atom. The zero-order chi connectivity index (χ0) is 21.9. The van der Waals surface area contributed by atoms with Gasteiger partial charge in [-0.05, 0) is 6.42 Å². The van der Waals surface area contributed by atoms with Crippen molar-refractivity contribution in [2.75, 3.05) is 32.4 Å². The molecule has 0 rings (SSSR count). The fourth-order valence-electron chi connectivity index (χ4n) is 2.98. The van der Waals surface area contributed by atoms with Gasteiger partial charge < -0.3 is 4.74 Å². The van der Waals surface area contributed by atoms with Crippen molar-refractivity contribution in [2.45, 2.75) is 70.1 Å². The van der Waals surface area contributed by atoms with Crippen molar-refractivity contribution in [3.05, 3.63) is 0 Å². The van der Waals surface area contributed by atoms with E-state index in [1.165, 1.54) is 0 Å². The fraction of sp³-hybridized carbons (Fsp3) is 1.00. The topological polar surface area (TPSA) is 63.6 Å². The number of hydrogen-bond acceptors (Lipinski definition) is 3. The molecule has 4 nitrogen and oxygen atoms in total. The second-order valence-electron chi connectivity index (χ2n) is 7.06. The van der Waals surface area contributed by atoms with Crippen LogP contribution >= 0.6 is 0 Å². The highest BCUT2D eigenvalue weighted by Crippen LogP contribution is 2.49. The van der Waals surface area contributed by atoms with Gasteiger partial charge >= 0.3 is 6.18 Å². The van der Waals surface area contributed by atoms with E-state index in [0.29, 0.717) is 12.8 Å². The summed E-state index contributed by atoms with van der Waals surface area (Å²) < 4.78 is 117. The first kappa shape index (κ1) is 27.5. The Morgan fingerprint density at radius 2 is 1.25 bits per heavy atom. The molecule has 1 unspecified atom stereocenters. The molecule has 0 radical (unpaired) electrons. The van der Waals surface area contributed by atoms with Crippen LogP contribution in [0.25, 0.3) is 0 Å². The monoisotopic (exact) mass is 444 g/mol. The maximum absolute atomic E-state index is 13.7. The van der Waals surface area contributed by atoms with Gasteiger partial charge in [0.1, 0.15) is 25.8 Å². The Bertz CT molecular complexity index is 514. The summed E-state index contributed by atoms with van der Waals surface area (Å²) in [5.41, 5.74) is -7.45. The van der Waals surface area contributed by atoms with Gasteiger partial charge in [-0.1, -0.05) is 51.9 Å². The van der Waals surface area contributed by atoms with E-state index in [1.54, 1.807) is 0 Å². The minimum Gasteiger partial charge on any atom is -0.364 e. The number of alkyl halides is 6. The summed E-state index contributed by atoms with van der Waals surface area (Å²) in [4.78, 5) is 0. The quantitative estimate of drug-likeness (QED) is 0.201. The van der Waals surface area contributed by atoms with E-state index in [9.17, 15) is 34.8 Å². The van der Waals surface area contributed by atoms with Crippen molar-refractivity contribution in [1.29, 1.82) is 0 Å². The molecule has 170 valence electrons. The summed E-state index contributed by atoms with van der Waals surface area (Å²) >= 11 is 0. The first-order valence-electron chi connectivity index (χ1n) is 9.29. The normalized spacial score (nSPS) is 15.6. The van der Waals surface area contributed by atoms with Gasteiger partial charge in [-0.25, -0.2) is 0 Å². The summed E-state index contributed by atoms with van der Waals surface area (Å²) in [6, 6.07) is 0. The molecule has 0 bridgehead atoms. The summed E-state index contributed by atoms with van der Waals surface area (Å²) in [5, 5.41) is 0. The minimum absolute atomic E-state index is 0.0675. The largest absolute Gasteiger partial charge is 0.419 e. The van der Waals surface area contributed by atoms with Crippen LogP contribution in [0.5, 0.6) is 0 Å². The number of halogens is 6. The van der Waals surface area contributed by atoms with Crippen LogP contribution in [-0.2, 0) is 14.9 Å². The zero-order valence-corrected chi connectivity index (χ0v) is 16.9. The lowest BCUT2D eigenvalue weighted by Crippen LogP contribution is -2.66. The van der Waals surface area contributed by atoms with Crippen molar-refractivity contribution in [3.8, 4) is 0 Å². The Morgan fingerprint density at radius 3 is 1.61 bits per heavy atom. The maximum Gasteiger partial charge on any atom is 0.419 e. The molecule has 0 saturated heterocycles. The molecule has 0 aliphatic carbocycles. The third-order valence-corrected chi connectivity index (χ3v) is 5.59. The van der Waals surface area contributed by atoms with Crippen LogP contribution in [0, 0.1) is 5.41 Å². The van der Waals surface area contributed by atoms with E-state index in [0.717, 1.165) is 32.1 Å². The molecule has 1 N–H and O–H groups in total. The smallest absolute Gasteiger partial charge is 0.364 e. The molecule has 0 aliphatic rings. The standard InChI is InChI=1S/C17H30F6O4S/c1-2-3-4-5-6-7-8-9-10-27-16(17(21,22)23,14-28(24,25)26)15(11-18,12-19)13-20/h2-14H2,1H3,(H,24,25,26). The predicted octanol–water partition coefficient (Wildman–Crippen LogP) is 5.23. The SMILES string of the molecule is CCCCCCCCCCOC(CS(=O)(=O)O)(C(F)(F)F)C(CF)(CF)CF. The first-order chi connectivity index (χ1) is 12.9. The first-order valence-corrected chi connectivity index (χ1v) is 10.9. The van der Waals surface area contributed by atoms with Crippen molar-refractivity contribution in [1.82, 2.24) is 0 Å². The van der Waals surface area contributed by atoms with Crippen molar-refractivity contribution >= 4 is 10.1 Å². The van der Waals surface area contributed by atoms with Crippen LogP contribution in [-0.4, -0.2) is 57.1 Å². The number of ether oxygens (including phenoxy) is 1. The number of unbranched alkanes of at least 4 members (excludes halogenated alkanes) is 7. The van der Waals surface area contributed by atoms with Crippen molar-refractivity contribution in [3.63, 3.8) is 0 Å². The molecule has 0 saturated carbocycles. The highest BCUT2D eigenvalue weighted by atomic mass is 32.2. The summed E-state index contributed by atoms with van der Waals surface area (Å²) in [5.74, 6) is -2.18. The van der Waals surface area contributed by atoms with Gasteiger partial charge in [-0.2, -0.15) is 21.6 Å². The Kier molecular flexibility index (Phi) is 12.0. The van der Waals surface area contributed by atoms with Crippen LogP contribution in [0.1, 0.15) is 58.3 Å². The lowest BCUT2D eigenvalue weighted by Gasteiger charge is -2.46. The minimum atomic E-state index is -5.63. The van der Waals surface area contributed by atoms with E-state index in [4.69, 9.17) is 4.55 Å². The van der Waals surface area contributed by atoms with Crippen LogP contribution in [0.4, 0.5) is 26.3 Å². The van der Waals surface area contributed by atoms with E-state index in [2.05, 4.69) is 11.7 Å². The van der Waals surface area contributed by atoms with Crippen LogP contribution in [0.2, 0.25) is 0 Å². The number of hydrogen-bond donors (Lipinski definition) is 1. The molecule has 1 atom stereocenters. The fourth-order valence-corrected chi connectivity index (χ4v) is 4.05. The third kappa shape index (κ3) is 7.70. The third-order valence-electron chi connectivity index (χ3n) is 4.81. The van der Waals surface area contributed by atoms with E-state index < -0.39 is 59.7 Å². The highest BCUT2D eigenvalue weighted by Gasteiger charge is 2.70. The lowest BCUT2D eigenvalue weighted by molar-refractivity contribution is -0.317. The second kappa shape index (κ2) is 12.2. The highest BCUT2D eigenvalue weighted by molar-refractivity contribution is 7.85. The molecule has 28 heavy (non-hydrogen) atoms. The molecule has 0 amide bonds. The zero-order valence-electron chi connectivity index (χ0n) is 16.0. The van der Waals surface area contributed by atoms with E-state index >= 15 is 0 Å². The van der Waals surface area contributed by atoms with Gasteiger partial charge in [0.2, 0.25) is 0 Å². The average molecular weight is 444 g/mol. The summed E-state index contributed by atoms with van der Waals surface area (Å²) in [6.07, 6.45) is 0.628. The van der Waals surface area contributed by atoms with Crippen molar-refractivity contribution < 1.29 is 44.0 Å². The van der Waals surface area contributed by atoms with Gasteiger partial charge in [-0.3, -0.25) is 17.7 Å². The molecule has 0 aromatic heterocycles. The van der Waals surface area contributed by atoms with Gasteiger partial charge in [0.15, 0.2) is 5.60 Å². The molecular formula is C17H30F6O4S. The summed E-state index contributed by atoms with van der Waals surface area (Å²) in [7, 11) is -5.38. The molecular weight excluding hydrogens is 414 g/mol. The van der Waals surface area contributed by atoms with Crippen molar-refractivity contribution in [2.24, 2.45) is 5.41 Å². The van der Waals surface area contributed by atoms with E-state index in [1.807, 2.05) is 0 Å². The average Bonchev–Trinajstić information content (AvgIpc) is 2.59. The molecule has 0 aromatic carbocycles. The van der Waals surface area contributed by atoms with Gasteiger partial charge in [-0.15, -0.1) is 0 Å². The van der Waals surface area contributed by atoms with Crippen LogP contribution in [0.3, 0.4) is 0 Å². The Labute approximate surface area is 162 Å². The van der Waals surface area contributed by atoms with Crippen LogP contribution < -0.4 is 0 Å².